The molecule has 112 valence electrons. The first-order valence-electron chi connectivity index (χ1n) is 7.37. The van der Waals surface area contributed by atoms with E-state index in [1.165, 1.54) is 16.8 Å². The Labute approximate surface area is 136 Å². The Kier molecular flexibility index (Phi) is 5.83. The van der Waals surface area contributed by atoms with Crippen LogP contribution in [0.3, 0.4) is 0 Å². The van der Waals surface area contributed by atoms with Gasteiger partial charge in [-0.2, -0.15) is 0 Å². The molecule has 0 saturated carbocycles. The van der Waals surface area contributed by atoms with E-state index in [9.17, 15) is 0 Å². The molecule has 0 amide bonds. The van der Waals surface area contributed by atoms with E-state index in [0.717, 1.165) is 17.4 Å². The number of nitrogens with one attached hydrogen (secondary N) is 1. The van der Waals surface area contributed by atoms with Crippen molar-refractivity contribution in [2.24, 2.45) is 0 Å². The molecule has 2 aromatic carbocycles. The fourth-order valence-corrected chi connectivity index (χ4v) is 2.95. The maximum Gasteiger partial charge on any atom is 0.0437 e. The van der Waals surface area contributed by atoms with Crippen LogP contribution in [0, 0.1) is 0 Å². The molecule has 0 spiro atoms. The monoisotopic (exact) mass is 346 g/mol. The fourth-order valence-electron chi connectivity index (χ4n) is 2.54. The Morgan fingerprint density at radius 3 is 2.33 bits per heavy atom. The van der Waals surface area contributed by atoms with Gasteiger partial charge in [-0.1, -0.05) is 53.2 Å². The number of rotatable bonds is 6. The summed E-state index contributed by atoms with van der Waals surface area (Å²) in [5.74, 6) is 0. The third-order valence-corrected chi connectivity index (χ3v) is 4.63. The van der Waals surface area contributed by atoms with Crippen LogP contribution < -0.4 is 10.2 Å². The molecule has 1 N–H and O–H groups in total. The molecule has 2 rings (SSSR count). The Morgan fingerprint density at radius 1 is 1.10 bits per heavy atom. The quantitative estimate of drug-likeness (QED) is 0.811. The summed E-state index contributed by atoms with van der Waals surface area (Å²) < 4.78 is 1.16. The molecule has 3 heteroatoms. The zero-order valence-corrected chi connectivity index (χ0v) is 14.5. The van der Waals surface area contributed by atoms with Gasteiger partial charge in [-0.05, 0) is 42.8 Å². The van der Waals surface area contributed by atoms with Crippen LogP contribution in [0.15, 0.2) is 53.0 Å². The minimum absolute atomic E-state index is 0.438. The molecular formula is C18H23BrN2. The summed E-state index contributed by atoms with van der Waals surface area (Å²) in [6, 6.07) is 17.6. The summed E-state index contributed by atoms with van der Waals surface area (Å²) >= 11 is 3.61. The van der Waals surface area contributed by atoms with Crippen molar-refractivity contribution < 1.29 is 0 Å². The van der Waals surface area contributed by atoms with Crippen LogP contribution in [-0.2, 0) is 6.54 Å². The molecule has 2 aromatic rings. The van der Waals surface area contributed by atoms with Gasteiger partial charge in [0.1, 0.15) is 0 Å². The Balaban J connectivity index is 2.10. The molecule has 0 aliphatic heterocycles. The molecule has 1 atom stereocenters. The zero-order chi connectivity index (χ0) is 15.2. The molecule has 0 fully saturated rings. The molecule has 0 aliphatic rings. The van der Waals surface area contributed by atoms with E-state index in [1.54, 1.807) is 0 Å². The second-order valence-electron chi connectivity index (χ2n) is 5.29. The van der Waals surface area contributed by atoms with E-state index in [4.69, 9.17) is 0 Å². The Bertz CT molecular complexity index is 562. The average Bonchev–Trinajstić information content (AvgIpc) is 2.51. The van der Waals surface area contributed by atoms with Crippen LogP contribution >= 0.6 is 15.9 Å². The number of hydrogen-bond donors (Lipinski definition) is 1. The molecule has 21 heavy (non-hydrogen) atoms. The lowest BCUT2D eigenvalue weighted by atomic mass is 10.0. The average molecular weight is 347 g/mol. The molecule has 0 heterocycles. The number of benzene rings is 2. The van der Waals surface area contributed by atoms with E-state index in [0.29, 0.717) is 6.04 Å². The van der Waals surface area contributed by atoms with Crippen LogP contribution in [0.2, 0.25) is 0 Å². The van der Waals surface area contributed by atoms with Crippen LogP contribution in [0.1, 0.15) is 30.5 Å². The molecule has 0 radical (unpaired) electrons. The third kappa shape index (κ3) is 4.08. The van der Waals surface area contributed by atoms with Crippen LogP contribution in [0.4, 0.5) is 5.69 Å². The minimum atomic E-state index is 0.438. The second kappa shape index (κ2) is 7.62. The molecule has 0 aliphatic carbocycles. The molecule has 0 aromatic heterocycles. The van der Waals surface area contributed by atoms with Crippen molar-refractivity contribution >= 4 is 21.6 Å². The van der Waals surface area contributed by atoms with Crippen LogP contribution in [-0.4, -0.2) is 14.1 Å². The van der Waals surface area contributed by atoms with Gasteiger partial charge in [0.05, 0.1) is 0 Å². The predicted molar refractivity (Wildman–Crippen MR) is 94.8 cm³/mol. The highest BCUT2D eigenvalue weighted by Gasteiger charge is 2.08. The summed E-state index contributed by atoms with van der Waals surface area (Å²) in [6.07, 6.45) is 1.10. The molecule has 1 unspecified atom stereocenters. The standard InChI is InChI=1S/C18H23BrN2/c1-4-18(20-2)14-9-11-16(12-10-14)21(3)13-15-7-5-6-8-17(15)19/h5-12,18,20H,4,13H2,1-3H3. The lowest BCUT2D eigenvalue weighted by molar-refractivity contribution is 0.577. The van der Waals surface area contributed by atoms with Gasteiger partial charge in [0.15, 0.2) is 0 Å². The molecule has 0 saturated heterocycles. The molecular weight excluding hydrogens is 324 g/mol. The van der Waals surface area contributed by atoms with Crippen molar-refractivity contribution in [3.63, 3.8) is 0 Å². The Hall–Kier alpha value is -1.32. The Morgan fingerprint density at radius 2 is 1.76 bits per heavy atom. The summed E-state index contributed by atoms with van der Waals surface area (Å²) in [7, 11) is 4.14. The highest BCUT2D eigenvalue weighted by molar-refractivity contribution is 9.10. The zero-order valence-electron chi connectivity index (χ0n) is 12.9. The fraction of sp³-hybridized carbons (Fsp3) is 0.333. The van der Waals surface area contributed by atoms with Gasteiger partial charge in [0, 0.05) is 29.8 Å². The first kappa shape index (κ1) is 16.1. The van der Waals surface area contributed by atoms with Gasteiger partial charge in [-0.3, -0.25) is 0 Å². The summed E-state index contributed by atoms with van der Waals surface area (Å²) in [5.41, 5.74) is 3.88. The highest BCUT2D eigenvalue weighted by atomic mass is 79.9. The van der Waals surface area contributed by atoms with E-state index < -0.39 is 0 Å². The van der Waals surface area contributed by atoms with Gasteiger partial charge >= 0.3 is 0 Å². The lowest BCUT2D eigenvalue weighted by Gasteiger charge is -2.21. The normalized spacial score (nSPS) is 12.2. The third-order valence-electron chi connectivity index (χ3n) is 3.86. The largest absolute Gasteiger partial charge is 0.370 e. The van der Waals surface area contributed by atoms with Gasteiger partial charge in [0.25, 0.3) is 0 Å². The van der Waals surface area contributed by atoms with Crippen molar-refractivity contribution in [2.75, 3.05) is 19.0 Å². The van der Waals surface area contributed by atoms with Crippen molar-refractivity contribution in [3.8, 4) is 0 Å². The summed E-state index contributed by atoms with van der Waals surface area (Å²) in [6.45, 7) is 3.10. The van der Waals surface area contributed by atoms with Gasteiger partial charge in [-0.15, -0.1) is 0 Å². The number of hydrogen-bond acceptors (Lipinski definition) is 2. The van der Waals surface area contributed by atoms with Crippen molar-refractivity contribution in [3.05, 3.63) is 64.1 Å². The summed E-state index contributed by atoms with van der Waals surface area (Å²) in [4.78, 5) is 2.27. The SMILES string of the molecule is CCC(NC)c1ccc(N(C)Cc2ccccc2Br)cc1. The van der Waals surface area contributed by atoms with Gasteiger partial charge < -0.3 is 10.2 Å². The van der Waals surface area contributed by atoms with Gasteiger partial charge in [-0.25, -0.2) is 0 Å². The van der Waals surface area contributed by atoms with Crippen LogP contribution in [0.5, 0.6) is 0 Å². The number of nitrogens with zero attached hydrogens (tertiary/aromatic N) is 1. The minimum Gasteiger partial charge on any atom is -0.370 e. The first-order valence-corrected chi connectivity index (χ1v) is 8.16. The number of halogens is 1. The second-order valence-corrected chi connectivity index (χ2v) is 6.14. The smallest absolute Gasteiger partial charge is 0.0437 e. The topological polar surface area (TPSA) is 15.3 Å². The molecule has 0 bridgehead atoms. The maximum atomic E-state index is 3.61. The van der Waals surface area contributed by atoms with E-state index in [2.05, 4.69) is 82.6 Å². The van der Waals surface area contributed by atoms with Crippen LogP contribution in [0.25, 0.3) is 0 Å². The lowest BCUT2D eigenvalue weighted by Crippen LogP contribution is -2.18. The maximum absolute atomic E-state index is 3.61. The van der Waals surface area contributed by atoms with Crippen molar-refractivity contribution in [2.45, 2.75) is 25.9 Å². The highest BCUT2D eigenvalue weighted by Crippen LogP contribution is 2.23. The van der Waals surface area contributed by atoms with E-state index in [1.807, 2.05) is 13.1 Å². The van der Waals surface area contributed by atoms with Gasteiger partial charge in [0.2, 0.25) is 0 Å². The predicted octanol–water partition coefficient (Wildman–Crippen LogP) is 4.76. The van der Waals surface area contributed by atoms with E-state index in [-0.39, 0.29) is 0 Å². The number of anilines is 1. The van der Waals surface area contributed by atoms with Crippen molar-refractivity contribution in [1.29, 1.82) is 0 Å². The van der Waals surface area contributed by atoms with Crippen molar-refractivity contribution in [1.82, 2.24) is 5.32 Å². The first-order chi connectivity index (χ1) is 10.2. The molecule has 2 nitrogen and oxygen atoms in total. The summed E-state index contributed by atoms with van der Waals surface area (Å²) in [5, 5.41) is 3.34. The van der Waals surface area contributed by atoms with E-state index >= 15 is 0 Å².